The molecule has 0 aliphatic carbocycles. The first-order chi connectivity index (χ1) is 14.2. The number of alkyl halides is 2. The van der Waals surface area contributed by atoms with Gasteiger partial charge in [0.15, 0.2) is 8.32 Å². The predicted molar refractivity (Wildman–Crippen MR) is 121 cm³/mol. The molecule has 0 heterocycles. The van der Waals surface area contributed by atoms with E-state index in [9.17, 15) is 4.79 Å². The highest BCUT2D eigenvalue weighted by atomic mass is 35.5. The predicted octanol–water partition coefficient (Wildman–Crippen LogP) is 6.85. The summed E-state index contributed by atoms with van der Waals surface area (Å²) in [6, 6.07) is 14.9. The van der Waals surface area contributed by atoms with Crippen LogP contribution in [0.2, 0.25) is 23.2 Å². The molecule has 162 valence electrons. The second kappa shape index (κ2) is 10.3. The number of carbonyl (C=O) groups excluding carboxylic acids is 1. The number of primary amides is 1. The fourth-order valence-corrected chi connectivity index (χ4v) is 6.33. The Labute approximate surface area is 183 Å². The molecule has 3 nitrogen and oxygen atoms in total. The molecular formula is C23H28ClF2NO2Si. The summed E-state index contributed by atoms with van der Waals surface area (Å²) in [5.41, 5.74) is 6.25. The molecule has 0 saturated carbocycles. The highest BCUT2D eigenvalue weighted by molar-refractivity contribution is 6.73. The fourth-order valence-electron chi connectivity index (χ4n) is 3.41. The molecule has 1 unspecified atom stereocenters. The van der Waals surface area contributed by atoms with Crippen molar-refractivity contribution in [3.8, 4) is 0 Å². The average molecular weight is 452 g/mol. The third-order valence-corrected chi connectivity index (χ3v) is 10.4. The first kappa shape index (κ1) is 24.2. The Bertz CT molecular complexity index is 875. The van der Waals surface area contributed by atoms with E-state index in [0.29, 0.717) is 16.1 Å². The van der Waals surface area contributed by atoms with Crippen molar-refractivity contribution in [2.24, 2.45) is 5.73 Å². The smallest absolute Gasteiger partial charge is 0.295 e. The third kappa shape index (κ3) is 5.77. The first-order valence-corrected chi connectivity index (χ1v) is 13.0. The van der Waals surface area contributed by atoms with E-state index in [-0.39, 0.29) is 5.56 Å². The van der Waals surface area contributed by atoms with Gasteiger partial charge in [0.2, 0.25) is 5.91 Å². The van der Waals surface area contributed by atoms with Crippen LogP contribution in [-0.2, 0) is 4.43 Å². The van der Waals surface area contributed by atoms with Crippen LogP contribution in [0.5, 0.6) is 0 Å². The van der Waals surface area contributed by atoms with Crippen LogP contribution in [0.15, 0.2) is 54.6 Å². The molecule has 0 bridgehead atoms. The Kier molecular flexibility index (Phi) is 8.35. The van der Waals surface area contributed by atoms with Gasteiger partial charge >= 0.3 is 0 Å². The van der Waals surface area contributed by atoms with Gasteiger partial charge in [-0.3, -0.25) is 4.79 Å². The van der Waals surface area contributed by atoms with Crippen LogP contribution >= 0.6 is 11.6 Å². The normalized spacial score (nSPS) is 13.5. The van der Waals surface area contributed by atoms with Gasteiger partial charge in [-0.25, -0.2) is 0 Å². The van der Waals surface area contributed by atoms with E-state index in [1.807, 2.05) is 20.8 Å². The van der Waals surface area contributed by atoms with Crippen molar-refractivity contribution >= 4 is 31.9 Å². The molecule has 0 fully saturated rings. The largest absolute Gasteiger partial charge is 0.404 e. The maximum atomic E-state index is 15.5. The van der Waals surface area contributed by atoms with Crippen LogP contribution < -0.4 is 5.73 Å². The topological polar surface area (TPSA) is 52.3 Å². The Hall–Kier alpha value is -2.02. The maximum absolute atomic E-state index is 15.5. The minimum Gasteiger partial charge on any atom is -0.404 e. The van der Waals surface area contributed by atoms with E-state index in [4.69, 9.17) is 21.8 Å². The summed E-state index contributed by atoms with van der Waals surface area (Å²) in [5.74, 6) is -3.98. The van der Waals surface area contributed by atoms with Gasteiger partial charge in [-0.2, -0.15) is 8.78 Å². The lowest BCUT2D eigenvalue weighted by molar-refractivity contribution is -0.0627. The number of hydrogen-bond acceptors (Lipinski definition) is 2. The number of nitrogens with two attached hydrogens (primary N) is 1. The van der Waals surface area contributed by atoms with Crippen molar-refractivity contribution in [1.82, 2.24) is 0 Å². The number of halogens is 3. The number of benzene rings is 2. The van der Waals surface area contributed by atoms with Crippen LogP contribution in [0.3, 0.4) is 0 Å². The highest BCUT2D eigenvalue weighted by Crippen LogP contribution is 2.41. The van der Waals surface area contributed by atoms with Gasteiger partial charge in [0.1, 0.15) is 6.10 Å². The van der Waals surface area contributed by atoms with Crippen LogP contribution in [0.1, 0.15) is 48.4 Å². The molecule has 1 amide bonds. The van der Waals surface area contributed by atoms with E-state index in [0.717, 1.165) is 24.2 Å². The van der Waals surface area contributed by atoms with Crippen molar-refractivity contribution < 1.29 is 18.0 Å². The monoisotopic (exact) mass is 451 g/mol. The molecule has 30 heavy (non-hydrogen) atoms. The number of carbonyl (C=O) groups is 1. The summed E-state index contributed by atoms with van der Waals surface area (Å²) >= 11 is 5.96. The third-order valence-electron chi connectivity index (χ3n) is 5.53. The second-order valence-corrected chi connectivity index (χ2v) is 12.4. The quantitative estimate of drug-likeness (QED) is 0.401. The van der Waals surface area contributed by atoms with Crippen molar-refractivity contribution in [3.63, 3.8) is 0 Å². The van der Waals surface area contributed by atoms with Crippen LogP contribution in [0.25, 0.3) is 6.08 Å². The van der Waals surface area contributed by atoms with Crippen molar-refractivity contribution in [1.29, 1.82) is 0 Å². The second-order valence-electron chi connectivity index (χ2n) is 7.25. The van der Waals surface area contributed by atoms with Gasteiger partial charge in [-0.05, 0) is 53.5 Å². The summed E-state index contributed by atoms with van der Waals surface area (Å²) in [6.45, 7) is 5.99. The van der Waals surface area contributed by atoms with Gasteiger partial charge < -0.3 is 10.2 Å². The maximum Gasteiger partial charge on any atom is 0.295 e. The molecule has 2 N–H and O–H groups in total. The van der Waals surface area contributed by atoms with Crippen LogP contribution in [0.4, 0.5) is 8.78 Å². The van der Waals surface area contributed by atoms with E-state index in [1.165, 1.54) is 12.1 Å². The number of amides is 1. The van der Waals surface area contributed by atoms with E-state index in [1.54, 1.807) is 42.5 Å². The van der Waals surface area contributed by atoms with Gasteiger partial charge in [0.25, 0.3) is 5.92 Å². The Morgan fingerprint density at radius 3 is 2.20 bits per heavy atom. The zero-order valence-corrected chi connectivity index (χ0v) is 19.3. The Balaban J connectivity index is 2.48. The summed E-state index contributed by atoms with van der Waals surface area (Å²) < 4.78 is 37.2. The Morgan fingerprint density at radius 1 is 1.10 bits per heavy atom. The first-order valence-electron chi connectivity index (χ1n) is 10.1. The standard InChI is InChI=1S/C23H28ClF2NO2Si/c1-4-30(5-2,6-3)29-21(18-11-13-19(24)14-12-18)23(25,26)16-15-17-9-7-8-10-20(17)22(27)28/h7-16,21H,4-6H2,1-3H3,(H2,27,28)/b16-15+. The fraction of sp³-hybridized carbons (Fsp3) is 0.348. The van der Waals surface area contributed by atoms with Crippen molar-refractivity contribution in [2.45, 2.75) is 50.9 Å². The lowest BCUT2D eigenvalue weighted by Crippen LogP contribution is -2.41. The molecule has 2 rings (SSSR count). The SMILES string of the molecule is CC[Si](CC)(CC)OC(c1ccc(Cl)cc1)C(F)(F)/C=C/c1ccccc1C(N)=O. The summed E-state index contributed by atoms with van der Waals surface area (Å²) in [6.07, 6.45) is 0.589. The molecule has 1 atom stereocenters. The van der Waals surface area contributed by atoms with Crippen molar-refractivity contribution in [2.75, 3.05) is 0 Å². The molecule has 2 aromatic rings. The van der Waals surface area contributed by atoms with E-state index in [2.05, 4.69) is 0 Å². The van der Waals surface area contributed by atoms with Crippen LogP contribution in [-0.4, -0.2) is 20.1 Å². The molecule has 0 spiro atoms. The molecule has 7 heteroatoms. The Morgan fingerprint density at radius 2 is 1.67 bits per heavy atom. The van der Waals surface area contributed by atoms with E-state index >= 15 is 8.78 Å². The molecule has 0 aromatic heterocycles. The minimum atomic E-state index is -3.31. The summed E-state index contributed by atoms with van der Waals surface area (Å²) in [4.78, 5) is 11.6. The summed E-state index contributed by atoms with van der Waals surface area (Å²) in [5, 5.41) is 0.469. The van der Waals surface area contributed by atoms with Crippen LogP contribution in [0, 0.1) is 0 Å². The van der Waals surface area contributed by atoms with Gasteiger partial charge in [-0.15, -0.1) is 0 Å². The highest BCUT2D eigenvalue weighted by Gasteiger charge is 2.44. The van der Waals surface area contributed by atoms with Crippen molar-refractivity contribution in [3.05, 3.63) is 76.3 Å². The molecule has 0 aliphatic rings. The number of hydrogen-bond donors (Lipinski definition) is 1. The summed E-state index contributed by atoms with van der Waals surface area (Å²) in [7, 11) is -2.34. The molecule has 0 radical (unpaired) electrons. The minimum absolute atomic E-state index is 0.188. The van der Waals surface area contributed by atoms with Gasteiger partial charge in [-0.1, -0.05) is 68.8 Å². The lowest BCUT2D eigenvalue weighted by atomic mass is 10.0. The lowest BCUT2D eigenvalue weighted by Gasteiger charge is -2.36. The zero-order valence-electron chi connectivity index (χ0n) is 17.5. The van der Waals surface area contributed by atoms with Gasteiger partial charge in [0.05, 0.1) is 0 Å². The van der Waals surface area contributed by atoms with Gasteiger partial charge in [0, 0.05) is 10.6 Å². The number of rotatable bonds is 10. The molecule has 2 aromatic carbocycles. The van der Waals surface area contributed by atoms with E-state index < -0.39 is 26.3 Å². The molecular weight excluding hydrogens is 424 g/mol. The zero-order chi connectivity index (χ0) is 22.4. The molecule has 0 saturated heterocycles. The average Bonchev–Trinajstić information content (AvgIpc) is 2.74. The molecule has 0 aliphatic heterocycles.